The Balaban J connectivity index is 1.11. The fourth-order valence-corrected chi connectivity index (χ4v) is 10.1. The molecule has 4 aromatic carbocycles. The molecule has 11 rings (SSSR count). The minimum Gasteiger partial charge on any atom is -0.264 e. The molecule has 5 heteroatoms. The monoisotopic (exact) mass is 619 g/mol. The van der Waals surface area contributed by atoms with E-state index in [2.05, 4.69) is 72.9 Å². The smallest absolute Gasteiger partial charge is 0.164 e. The first-order valence-electron chi connectivity index (χ1n) is 17.2. The van der Waals surface area contributed by atoms with Crippen LogP contribution in [0.2, 0.25) is 0 Å². The molecular weight excluding hydrogens is 587 g/mol. The van der Waals surface area contributed by atoms with Gasteiger partial charge in [0.1, 0.15) is 0 Å². The predicted octanol–water partition coefficient (Wildman–Crippen LogP) is 9.53. The zero-order valence-electron chi connectivity index (χ0n) is 26.6. The van der Waals surface area contributed by atoms with Gasteiger partial charge in [-0.05, 0) is 113 Å². The molecule has 5 aliphatic carbocycles. The molecule has 4 fully saturated rings. The topological polar surface area (TPSA) is 75.3 Å². The highest BCUT2D eigenvalue weighted by atomic mass is 15.0. The van der Waals surface area contributed by atoms with Crippen LogP contribution in [0.25, 0.3) is 56.4 Å². The largest absolute Gasteiger partial charge is 0.264 e. The van der Waals surface area contributed by atoms with Crippen molar-refractivity contribution < 1.29 is 0 Å². The highest BCUT2D eigenvalue weighted by molar-refractivity contribution is 5.84. The maximum atomic E-state index is 9.39. The first kappa shape index (κ1) is 27.6. The second kappa shape index (κ2) is 10.5. The van der Waals surface area contributed by atoms with E-state index in [-0.39, 0.29) is 5.41 Å². The summed E-state index contributed by atoms with van der Waals surface area (Å²) in [6, 6.07) is 37.6. The van der Waals surface area contributed by atoms with Crippen molar-refractivity contribution in [1.29, 1.82) is 5.26 Å². The normalized spacial score (nSPS) is 24.3. The van der Waals surface area contributed by atoms with Gasteiger partial charge in [-0.2, -0.15) is 5.26 Å². The van der Waals surface area contributed by atoms with Crippen molar-refractivity contribution in [2.75, 3.05) is 0 Å². The molecule has 4 bridgehead atoms. The molecule has 48 heavy (non-hydrogen) atoms. The van der Waals surface area contributed by atoms with Gasteiger partial charge in [0.05, 0.1) is 11.6 Å². The van der Waals surface area contributed by atoms with Gasteiger partial charge in [-0.3, -0.25) is 4.98 Å². The average molecular weight is 620 g/mol. The van der Waals surface area contributed by atoms with E-state index in [0.29, 0.717) is 34.9 Å². The van der Waals surface area contributed by atoms with Crippen molar-refractivity contribution in [2.45, 2.75) is 37.5 Å². The summed E-state index contributed by atoms with van der Waals surface area (Å²) in [4.78, 5) is 20.0. The van der Waals surface area contributed by atoms with Crippen LogP contribution in [-0.4, -0.2) is 19.9 Å². The SMILES string of the molecule is N#Cc1cccc(-c2ccc(-c3nc(-c4ccccc4)nc(-c4ccc5c(c4)C4(c6cnccc6-5)C5CC6CC(C5)CC4C6)n3)cc2)c1. The molecule has 5 nitrogen and oxygen atoms in total. The van der Waals surface area contributed by atoms with Crippen LogP contribution in [-0.2, 0) is 5.41 Å². The first-order valence-corrected chi connectivity index (χ1v) is 17.2. The fourth-order valence-electron chi connectivity index (χ4n) is 10.1. The molecule has 0 unspecified atom stereocenters. The molecule has 0 N–H and O–H groups in total. The van der Waals surface area contributed by atoms with Crippen LogP contribution in [0.4, 0.5) is 0 Å². The molecule has 2 aromatic heterocycles. The quantitative estimate of drug-likeness (QED) is 0.196. The number of nitriles is 1. The number of nitrogens with zero attached hydrogens (tertiary/aromatic N) is 5. The Kier molecular flexibility index (Phi) is 6.05. The minimum atomic E-state index is 0.0269. The third-order valence-corrected chi connectivity index (χ3v) is 11.8. The van der Waals surface area contributed by atoms with Gasteiger partial charge in [0.25, 0.3) is 0 Å². The van der Waals surface area contributed by atoms with Gasteiger partial charge in [0.15, 0.2) is 17.5 Å². The van der Waals surface area contributed by atoms with Crippen LogP contribution < -0.4 is 0 Å². The summed E-state index contributed by atoms with van der Waals surface area (Å²) in [5.74, 6) is 5.09. The molecule has 6 aromatic rings. The number of hydrogen-bond donors (Lipinski definition) is 0. The molecule has 5 aliphatic rings. The third kappa shape index (κ3) is 4.08. The molecular formula is C43H33N5. The zero-order valence-corrected chi connectivity index (χ0v) is 26.6. The molecule has 0 saturated heterocycles. The van der Waals surface area contributed by atoms with E-state index in [9.17, 15) is 5.26 Å². The zero-order chi connectivity index (χ0) is 31.8. The van der Waals surface area contributed by atoms with Crippen LogP contribution >= 0.6 is 0 Å². The summed E-state index contributed by atoms with van der Waals surface area (Å²) in [6.07, 6.45) is 10.9. The van der Waals surface area contributed by atoms with E-state index >= 15 is 0 Å². The van der Waals surface area contributed by atoms with Gasteiger partial charge in [-0.1, -0.05) is 78.9 Å². The number of benzene rings is 4. The van der Waals surface area contributed by atoms with Crippen LogP contribution in [0.15, 0.2) is 116 Å². The van der Waals surface area contributed by atoms with Gasteiger partial charge >= 0.3 is 0 Å². The number of pyridine rings is 1. The number of aromatic nitrogens is 4. The molecule has 0 amide bonds. The van der Waals surface area contributed by atoms with Crippen LogP contribution in [0.3, 0.4) is 0 Å². The highest BCUT2D eigenvalue weighted by Crippen LogP contribution is 2.69. The van der Waals surface area contributed by atoms with E-state index < -0.39 is 0 Å². The Morgan fingerprint density at radius 2 is 1.15 bits per heavy atom. The Hall–Kier alpha value is -5.47. The van der Waals surface area contributed by atoms with Gasteiger partial charge in [-0.25, -0.2) is 15.0 Å². The summed E-state index contributed by atoms with van der Waals surface area (Å²) >= 11 is 0. The van der Waals surface area contributed by atoms with E-state index in [1.54, 1.807) is 0 Å². The van der Waals surface area contributed by atoms with E-state index in [4.69, 9.17) is 19.9 Å². The minimum absolute atomic E-state index is 0.0269. The summed E-state index contributed by atoms with van der Waals surface area (Å²) in [5, 5.41) is 9.39. The van der Waals surface area contributed by atoms with Gasteiger partial charge in [0, 0.05) is 34.5 Å². The number of fused-ring (bicyclic) bond motifs is 3. The van der Waals surface area contributed by atoms with Crippen molar-refractivity contribution in [3.63, 3.8) is 0 Å². The lowest BCUT2D eigenvalue weighted by Crippen LogP contribution is -2.55. The van der Waals surface area contributed by atoms with Crippen LogP contribution in [0.1, 0.15) is 48.8 Å². The first-order chi connectivity index (χ1) is 23.7. The molecule has 1 spiro atoms. The molecule has 0 aliphatic heterocycles. The lowest BCUT2D eigenvalue weighted by atomic mass is 9.43. The summed E-state index contributed by atoms with van der Waals surface area (Å²) in [6.45, 7) is 0. The Bertz CT molecular complexity index is 2240. The van der Waals surface area contributed by atoms with E-state index in [1.807, 2.05) is 48.7 Å². The maximum absolute atomic E-state index is 9.39. The highest BCUT2D eigenvalue weighted by Gasteiger charge is 2.61. The average Bonchev–Trinajstić information content (AvgIpc) is 3.44. The third-order valence-electron chi connectivity index (χ3n) is 11.8. The van der Waals surface area contributed by atoms with Crippen molar-refractivity contribution in [3.8, 4) is 62.5 Å². The summed E-state index contributed by atoms with van der Waals surface area (Å²) in [7, 11) is 0. The van der Waals surface area contributed by atoms with E-state index in [1.165, 1.54) is 54.4 Å². The van der Waals surface area contributed by atoms with Crippen molar-refractivity contribution in [2.24, 2.45) is 23.7 Å². The molecule has 2 heterocycles. The van der Waals surface area contributed by atoms with Gasteiger partial charge in [-0.15, -0.1) is 0 Å². The summed E-state index contributed by atoms with van der Waals surface area (Å²) in [5.41, 5.74) is 11.3. The lowest BCUT2D eigenvalue weighted by Gasteiger charge is -2.61. The second-order valence-corrected chi connectivity index (χ2v) is 14.3. The van der Waals surface area contributed by atoms with Crippen molar-refractivity contribution in [1.82, 2.24) is 19.9 Å². The van der Waals surface area contributed by atoms with Gasteiger partial charge in [0.2, 0.25) is 0 Å². The number of rotatable bonds is 4. The lowest BCUT2D eigenvalue weighted by molar-refractivity contribution is -0.0400. The Morgan fingerprint density at radius 1 is 0.542 bits per heavy atom. The summed E-state index contributed by atoms with van der Waals surface area (Å²) < 4.78 is 0. The van der Waals surface area contributed by atoms with Gasteiger partial charge < -0.3 is 0 Å². The molecule has 230 valence electrons. The Labute approximate surface area is 280 Å². The maximum Gasteiger partial charge on any atom is 0.164 e. The second-order valence-electron chi connectivity index (χ2n) is 14.3. The van der Waals surface area contributed by atoms with Crippen molar-refractivity contribution >= 4 is 0 Å². The van der Waals surface area contributed by atoms with Crippen LogP contribution in [0.5, 0.6) is 0 Å². The van der Waals surface area contributed by atoms with E-state index in [0.717, 1.165) is 39.7 Å². The van der Waals surface area contributed by atoms with Crippen LogP contribution in [0, 0.1) is 35.0 Å². The fraction of sp³-hybridized carbons (Fsp3) is 0.233. The standard InChI is InChI=1S/C43H33N5/c44-24-26-5-4-8-32(18-26)29-9-11-31(12-10-29)41-46-40(30-6-2-1-3-7-30)47-42(48-41)33-13-14-36-37-15-16-45-25-39(37)43(38(36)23-33)34-19-27-17-28(21-34)22-35(43)20-27/h1-16,18,23,25,27-28,34-35H,17,19-22H2. The number of hydrogen-bond acceptors (Lipinski definition) is 5. The molecule has 4 saturated carbocycles. The molecule has 0 radical (unpaired) electrons. The molecule has 0 atom stereocenters. The predicted molar refractivity (Wildman–Crippen MR) is 187 cm³/mol. The Morgan fingerprint density at radius 3 is 1.85 bits per heavy atom. The van der Waals surface area contributed by atoms with Crippen molar-refractivity contribution in [3.05, 3.63) is 132 Å².